The number of nitrogens with two attached hydrogens (primary N) is 15. The smallest absolute Gasteiger partial charge is 0.323 e. The second-order valence-corrected chi connectivity index (χ2v) is 22.6. The molecule has 46 N–H and O–H groups in total. The predicted molar refractivity (Wildman–Crippen MR) is 384 cm³/mol. The molecule has 46 nitrogen and oxygen atoms in total. The molecule has 0 spiro atoms. The van der Waals surface area contributed by atoms with Gasteiger partial charge in [-0.3, -0.25) is 67.3 Å². The number of rotatable bonds is 32. The van der Waals surface area contributed by atoms with E-state index in [0.29, 0.717) is 51.1 Å². The third-order valence-corrected chi connectivity index (χ3v) is 11.8. The van der Waals surface area contributed by atoms with Crippen molar-refractivity contribution in [2.45, 2.75) is 191 Å². The van der Waals surface area contributed by atoms with E-state index >= 15 is 0 Å². The summed E-state index contributed by atoms with van der Waals surface area (Å²) in [6, 6.07) is 0.492. The molecule has 2 heterocycles. The van der Waals surface area contributed by atoms with Crippen molar-refractivity contribution in [1.82, 2.24) is 15.3 Å². The zero-order valence-electron chi connectivity index (χ0n) is 60.3. The van der Waals surface area contributed by atoms with Crippen LogP contribution in [0.15, 0.2) is 47.8 Å². The van der Waals surface area contributed by atoms with Crippen molar-refractivity contribution >= 4 is 83.5 Å². The van der Waals surface area contributed by atoms with Crippen molar-refractivity contribution in [3.8, 4) is 0 Å². The number of imidazole rings is 1. The fourth-order valence-corrected chi connectivity index (χ4v) is 5.45. The molecule has 0 aliphatic carbocycles. The van der Waals surface area contributed by atoms with Gasteiger partial charge in [-0.15, -0.1) is 0 Å². The van der Waals surface area contributed by atoms with Gasteiger partial charge in [-0.1, -0.05) is 64.4 Å². The molecular formula is C60H119N19O27. The molecule has 0 saturated carbocycles. The van der Waals surface area contributed by atoms with Gasteiger partial charge in [-0.05, 0) is 102 Å². The number of benzene rings is 1. The number of aliphatic imine (C=N–C) groups is 1. The molecule has 1 aromatic heterocycles. The van der Waals surface area contributed by atoms with Crippen molar-refractivity contribution in [2.75, 3.05) is 32.8 Å². The number of guanidine groups is 1. The molecule has 1 aliphatic heterocycles. The number of aliphatic hydroxyl groups excluding tert-OH is 2. The highest BCUT2D eigenvalue weighted by molar-refractivity contribution is 5.78. The minimum absolute atomic E-state index is 0.0129. The van der Waals surface area contributed by atoms with Crippen LogP contribution in [0.5, 0.6) is 0 Å². The van der Waals surface area contributed by atoms with Crippen LogP contribution in [0, 0.1) is 11.8 Å². The Hall–Kier alpha value is -9.79. The summed E-state index contributed by atoms with van der Waals surface area (Å²) in [5.74, 6) is -12.0. The van der Waals surface area contributed by atoms with E-state index in [4.69, 9.17) is 152 Å². The van der Waals surface area contributed by atoms with Gasteiger partial charge in [0.05, 0.1) is 25.6 Å². The van der Waals surface area contributed by atoms with E-state index in [1.54, 1.807) is 20.0 Å². The van der Waals surface area contributed by atoms with Crippen LogP contribution >= 0.6 is 0 Å². The molecule has 106 heavy (non-hydrogen) atoms. The molecule has 12 atom stereocenters. The van der Waals surface area contributed by atoms with Crippen LogP contribution in [0.4, 0.5) is 0 Å². The molecule has 1 aliphatic rings. The number of aromatic amines is 1. The number of unbranched alkanes of at least 4 members (excludes halogenated alkanes) is 1. The molecule has 46 heteroatoms. The van der Waals surface area contributed by atoms with Gasteiger partial charge >= 0.3 is 71.6 Å². The zero-order valence-corrected chi connectivity index (χ0v) is 60.3. The van der Waals surface area contributed by atoms with Crippen molar-refractivity contribution in [2.24, 2.45) is 103 Å². The number of carboxylic acid groups (broad SMARTS) is 12. The molecule has 2 aromatic rings. The van der Waals surface area contributed by atoms with Crippen LogP contribution < -0.4 is 91.3 Å². The quantitative estimate of drug-likeness (QED) is 0.0184. The van der Waals surface area contributed by atoms with Crippen molar-refractivity contribution in [1.29, 1.82) is 0 Å². The number of primary amides is 1. The Kier molecular flexibility index (Phi) is 78.1. The van der Waals surface area contributed by atoms with Crippen molar-refractivity contribution in [3.63, 3.8) is 0 Å². The SMILES string of the molecule is CC(C)C[C@H](N)C(=O)O.CC(C)[C@H](N)C(=O)O.C[C@@H](O)[C@H](N)C(=O)O.C[C@H](N)C(=O)O.NC(=O)CC[C@H](N)C(=O)O.NC(CO)C(=O)O.NC(N)=NCCC[C@H](N)C(=O)O.NCC(=O)O.NCCCCC(N)C(=O)O.N[C@@H](Cc1cnc[nH]1)C(=O)O.N[C@H](Cc1ccccc1)C(=O)O.O=C(O)C1CCCN1. The van der Waals surface area contributed by atoms with Gasteiger partial charge in [0, 0.05) is 31.3 Å². The molecule has 0 bridgehead atoms. The molecular weight excluding hydrogens is 1420 g/mol. The third-order valence-electron chi connectivity index (χ3n) is 11.8. The van der Waals surface area contributed by atoms with Crippen molar-refractivity contribution in [3.05, 3.63) is 54.1 Å². The number of nitrogens with zero attached hydrogens (tertiary/aromatic N) is 2. The molecule has 0 radical (unpaired) electrons. The highest BCUT2D eigenvalue weighted by Crippen LogP contribution is 2.05. The van der Waals surface area contributed by atoms with Crippen molar-refractivity contribution < 1.29 is 134 Å². The second-order valence-electron chi connectivity index (χ2n) is 22.6. The van der Waals surface area contributed by atoms with Crippen LogP contribution in [0.25, 0.3) is 0 Å². The summed E-state index contributed by atoms with van der Waals surface area (Å²) in [4.78, 5) is 140. The molecule has 1 fully saturated rings. The van der Waals surface area contributed by atoms with Crippen LogP contribution in [0.2, 0.25) is 0 Å². The Bertz CT molecular complexity index is 2690. The van der Waals surface area contributed by atoms with E-state index in [-0.39, 0.29) is 43.7 Å². The lowest BCUT2D eigenvalue weighted by atomic mass is 10.1. The fraction of sp³-hybridized carbons (Fsp3) is 0.617. The summed E-state index contributed by atoms with van der Waals surface area (Å²) >= 11 is 0. The van der Waals surface area contributed by atoms with Crippen LogP contribution in [-0.4, -0.2) is 270 Å². The summed E-state index contributed by atoms with van der Waals surface area (Å²) in [6.45, 7) is 11.3. The Morgan fingerprint density at radius 3 is 1.17 bits per heavy atom. The Morgan fingerprint density at radius 1 is 0.528 bits per heavy atom. The highest BCUT2D eigenvalue weighted by Gasteiger charge is 2.21. The average Bonchev–Trinajstić information content (AvgIpc) is 1.49. The largest absolute Gasteiger partial charge is 0.480 e. The highest BCUT2D eigenvalue weighted by atomic mass is 16.4. The number of nitrogens with one attached hydrogen (secondary N) is 2. The Labute approximate surface area is 611 Å². The monoisotopic (exact) mass is 1540 g/mol. The maximum absolute atomic E-state index is 10.4. The topological polar surface area (TPSA) is 949 Å². The van der Waals surface area contributed by atoms with E-state index in [2.05, 4.69) is 26.0 Å². The third kappa shape index (κ3) is 86.6. The second kappa shape index (κ2) is 72.2. The minimum Gasteiger partial charge on any atom is -0.480 e. The molecule has 1 aromatic carbocycles. The van der Waals surface area contributed by atoms with E-state index in [1.165, 1.54) is 20.2 Å². The van der Waals surface area contributed by atoms with Gasteiger partial charge in [0.15, 0.2) is 5.96 Å². The summed E-state index contributed by atoms with van der Waals surface area (Å²) in [5, 5.41) is 118. The summed E-state index contributed by atoms with van der Waals surface area (Å²) in [6.07, 6.45) is 8.32. The first kappa shape index (κ1) is 115. The van der Waals surface area contributed by atoms with Crippen LogP contribution in [-0.2, 0) is 75.2 Å². The molecule has 3 unspecified atom stereocenters. The van der Waals surface area contributed by atoms with Gasteiger partial charge in [0.1, 0.15) is 66.5 Å². The molecule has 1 saturated heterocycles. The van der Waals surface area contributed by atoms with Gasteiger partial charge in [0.2, 0.25) is 5.91 Å². The number of hydrogen-bond acceptors (Lipinski definition) is 30. The van der Waals surface area contributed by atoms with Gasteiger partial charge in [0.25, 0.3) is 0 Å². The first-order valence-corrected chi connectivity index (χ1v) is 31.8. The van der Waals surface area contributed by atoms with Gasteiger partial charge in [-0.2, -0.15) is 0 Å². The number of aromatic nitrogens is 2. The number of amides is 1. The lowest BCUT2D eigenvalue weighted by Gasteiger charge is -2.07. The van der Waals surface area contributed by atoms with E-state index in [1.807, 2.05) is 44.2 Å². The lowest BCUT2D eigenvalue weighted by Crippen LogP contribution is -2.39. The van der Waals surface area contributed by atoms with Crippen LogP contribution in [0.3, 0.4) is 0 Å². The number of aliphatic carboxylic acids is 12. The van der Waals surface area contributed by atoms with E-state index < -0.39 is 151 Å². The predicted octanol–water partition coefficient (Wildman–Crippen LogP) is -7.41. The Balaban J connectivity index is -0.000000139. The van der Waals surface area contributed by atoms with E-state index in [0.717, 1.165) is 43.5 Å². The maximum atomic E-state index is 10.4. The first-order valence-electron chi connectivity index (χ1n) is 31.8. The normalized spacial score (nSPS) is 14.2. The lowest BCUT2D eigenvalue weighted by molar-refractivity contribution is -0.141. The Morgan fingerprint density at radius 2 is 0.934 bits per heavy atom. The minimum atomic E-state index is -1.18. The van der Waals surface area contributed by atoms with Crippen LogP contribution in [0.1, 0.15) is 117 Å². The number of hydrogen-bond donors (Lipinski definition) is 31. The number of carbonyl (C=O) groups is 13. The molecule has 1 amide bonds. The number of H-pyrrole nitrogens is 1. The number of carboxylic acids is 12. The number of carbonyl (C=O) groups excluding carboxylic acids is 1. The molecule has 3 rings (SSSR count). The summed E-state index contributed by atoms with van der Waals surface area (Å²) < 4.78 is 0. The first-order chi connectivity index (χ1) is 48.7. The number of aliphatic hydroxyl groups is 2. The van der Waals surface area contributed by atoms with Gasteiger partial charge < -0.3 is 168 Å². The molecule has 616 valence electrons. The average molecular weight is 1540 g/mol. The zero-order chi connectivity index (χ0) is 85.1. The fourth-order valence-electron chi connectivity index (χ4n) is 5.45. The van der Waals surface area contributed by atoms with E-state index in [9.17, 15) is 62.3 Å². The summed E-state index contributed by atoms with van der Waals surface area (Å²) in [7, 11) is 0. The standard InChI is InChI=1S/C9H11NO2.C6H14N4O2.C6H9N3O2.C6H14N2O2.C6H13NO2.C5H10N2O3.C5H9NO2.C5H11NO2.C4H9NO3.C3H7NO3.C3H7NO2.C2H5NO2/c10-8(9(11)12)6-7-4-2-1-3-5-7;7-4(5(11)12)2-1-3-10-6(8)9;7-5(6(10)11)1-4-2-8-3-9-4;7-4-2-1-3-5(8)6(9)10;1-4(2)3-5(7)6(8)9;6-3(5(9)10)1-2-4(7)8;7-5(8)4-2-1-3-6-4;1-3(2)4(6)5(7)8;1-2(6)3(5)4(7)8;4-2(1-5)3(6)7;1-2(4)3(5)6;3-1-2(4)5/h1-5,8H,6,10H2,(H,11,12);4H,1-3,7H2,(H,11,12)(H4,8,9,10);2-3,5H,1,7H2,(H,8,9)(H,10,11);5H,1-4,7-8H2,(H,9,10);4-5H,3,7H2,1-2H3,(H,8,9);3H,1-2,6H2,(H2,7,8)(H,9,10);4,6H,1-3H2,(H,7,8);3-4H,6H2,1-2H3,(H,7,8);2-3,6H,5H2,1H3,(H,7,8);2,5H,1,4H2,(H,6,7);2H,4H2,1H3,(H,5,6);1,3H2,(H,4,5)/t8-;4-;5-;;5-;3-;;4-;2-,3+;;2-;/m100.00.01.0./s1. The van der Waals surface area contributed by atoms with Gasteiger partial charge in [-0.25, -0.2) is 4.98 Å². The summed E-state index contributed by atoms with van der Waals surface area (Å²) in [5.41, 5.74) is 77.3. The maximum Gasteiger partial charge on any atom is 0.323 e.